The Balaban J connectivity index is 1.96. The summed E-state index contributed by atoms with van der Waals surface area (Å²) in [6, 6.07) is 15.2. The molecule has 6 nitrogen and oxygen atoms in total. The highest BCUT2D eigenvalue weighted by Crippen LogP contribution is 2.46. The number of hydrogen-bond donors (Lipinski definition) is 1. The number of furan rings is 1. The number of rotatable bonds is 2. The van der Waals surface area contributed by atoms with Gasteiger partial charge in [0.05, 0.1) is 17.7 Å². The molecule has 0 spiro atoms. The Labute approximate surface area is 131 Å². The molecule has 3 heterocycles. The van der Waals surface area contributed by atoms with E-state index in [4.69, 9.17) is 19.4 Å². The van der Waals surface area contributed by atoms with Gasteiger partial charge in [0.15, 0.2) is 0 Å². The van der Waals surface area contributed by atoms with E-state index in [1.165, 1.54) is 0 Å². The minimum absolute atomic E-state index is 0.00263. The summed E-state index contributed by atoms with van der Waals surface area (Å²) in [6.07, 6.45) is 1.55. The van der Waals surface area contributed by atoms with Gasteiger partial charge in [-0.1, -0.05) is 35.5 Å². The molecule has 0 aliphatic carbocycles. The molecule has 6 heteroatoms. The summed E-state index contributed by atoms with van der Waals surface area (Å²) >= 11 is 0. The number of benzene rings is 1. The zero-order valence-corrected chi connectivity index (χ0v) is 11.9. The number of nitrogens with zero attached hydrogens (tertiary/aromatic N) is 2. The first-order valence-electron chi connectivity index (χ1n) is 6.95. The Kier molecular flexibility index (Phi) is 2.91. The summed E-state index contributed by atoms with van der Waals surface area (Å²) in [6.45, 7) is 0. The van der Waals surface area contributed by atoms with Crippen LogP contribution in [0.2, 0.25) is 0 Å². The Bertz CT molecular complexity index is 918. The zero-order chi connectivity index (χ0) is 15.8. The fraction of sp³-hybridized carbons (Fsp3) is 0.0588. The van der Waals surface area contributed by atoms with E-state index in [1.807, 2.05) is 30.3 Å². The van der Waals surface area contributed by atoms with E-state index in [0.29, 0.717) is 17.0 Å². The van der Waals surface area contributed by atoms with Crippen LogP contribution in [-0.2, 0) is 0 Å². The summed E-state index contributed by atoms with van der Waals surface area (Å²) in [5, 5.41) is 13.6. The summed E-state index contributed by atoms with van der Waals surface area (Å²) in [4.78, 5) is 0. The van der Waals surface area contributed by atoms with Gasteiger partial charge in [0, 0.05) is 5.56 Å². The third-order valence-corrected chi connectivity index (χ3v) is 3.74. The maximum Gasteiger partial charge on any atom is 0.322 e. The van der Waals surface area contributed by atoms with Crippen molar-refractivity contribution in [3.8, 4) is 23.3 Å². The molecule has 0 radical (unpaired) electrons. The van der Waals surface area contributed by atoms with E-state index >= 15 is 0 Å². The minimum Gasteiger partial charge on any atom is -0.468 e. The lowest BCUT2D eigenvalue weighted by molar-refractivity contribution is 0.253. The van der Waals surface area contributed by atoms with E-state index < -0.39 is 5.92 Å². The predicted octanol–water partition coefficient (Wildman–Crippen LogP) is 3.15. The zero-order valence-electron chi connectivity index (χ0n) is 11.9. The molecule has 1 unspecified atom stereocenters. The number of allylic oxidation sites excluding steroid dienone is 1. The van der Waals surface area contributed by atoms with Gasteiger partial charge in [-0.25, -0.2) is 0 Å². The standard InChI is InChI=1S/C17H11N3O3/c18-9-11-13(12-7-4-8-21-12)14-15(10-5-2-1-3-6-10)20-23-17(14)22-16(11)19/h1-8,13H,19H2. The van der Waals surface area contributed by atoms with Crippen molar-refractivity contribution in [1.82, 2.24) is 5.16 Å². The molecule has 3 aromatic rings. The second kappa shape index (κ2) is 5.07. The molecule has 4 rings (SSSR count). The summed E-state index contributed by atoms with van der Waals surface area (Å²) in [5.41, 5.74) is 8.22. The van der Waals surface area contributed by atoms with Crippen molar-refractivity contribution >= 4 is 0 Å². The quantitative estimate of drug-likeness (QED) is 0.781. The van der Waals surface area contributed by atoms with Crippen molar-refractivity contribution in [2.45, 2.75) is 5.92 Å². The third kappa shape index (κ3) is 1.99. The van der Waals surface area contributed by atoms with E-state index in [9.17, 15) is 5.26 Å². The van der Waals surface area contributed by atoms with Crippen LogP contribution < -0.4 is 10.5 Å². The number of aromatic nitrogens is 1. The molecule has 2 N–H and O–H groups in total. The van der Waals surface area contributed by atoms with Gasteiger partial charge in [-0.15, -0.1) is 0 Å². The molecule has 1 aromatic carbocycles. The Morgan fingerprint density at radius 3 is 2.65 bits per heavy atom. The van der Waals surface area contributed by atoms with Gasteiger partial charge in [-0.3, -0.25) is 0 Å². The number of nitriles is 1. The van der Waals surface area contributed by atoms with Crippen molar-refractivity contribution in [1.29, 1.82) is 5.26 Å². The lowest BCUT2D eigenvalue weighted by Crippen LogP contribution is -2.20. The van der Waals surface area contributed by atoms with Crippen molar-refractivity contribution < 1.29 is 13.7 Å². The molecule has 1 atom stereocenters. The minimum atomic E-state index is -0.514. The molecule has 0 amide bonds. The highest BCUT2D eigenvalue weighted by Gasteiger charge is 2.38. The second-order valence-electron chi connectivity index (χ2n) is 5.04. The monoisotopic (exact) mass is 305 g/mol. The first-order valence-corrected chi connectivity index (χ1v) is 6.95. The number of ether oxygens (including phenoxy) is 1. The topological polar surface area (TPSA) is 98.2 Å². The van der Waals surface area contributed by atoms with Crippen LogP contribution in [0.1, 0.15) is 17.2 Å². The van der Waals surface area contributed by atoms with E-state index in [0.717, 1.165) is 5.56 Å². The highest BCUT2D eigenvalue weighted by atomic mass is 16.6. The Morgan fingerprint density at radius 2 is 1.96 bits per heavy atom. The smallest absolute Gasteiger partial charge is 0.322 e. The van der Waals surface area contributed by atoms with E-state index in [2.05, 4.69) is 11.2 Å². The average molecular weight is 305 g/mol. The molecule has 2 aromatic heterocycles. The van der Waals surface area contributed by atoms with Gasteiger partial charge in [0.25, 0.3) is 0 Å². The molecular weight excluding hydrogens is 294 g/mol. The Morgan fingerprint density at radius 1 is 1.13 bits per heavy atom. The normalized spacial score (nSPS) is 16.6. The van der Waals surface area contributed by atoms with Gasteiger partial charge in [0.2, 0.25) is 5.88 Å². The van der Waals surface area contributed by atoms with Crippen LogP contribution in [0.25, 0.3) is 11.3 Å². The van der Waals surface area contributed by atoms with Crippen molar-refractivity contribution in [2.75, 3.05) is 0 Å². The highest BCUT2D eigenvalue weighted by molar-refractivity contribution is 5.69. The molecule has 0 saturated heterocycles. The second-order valence-corrected chi connectivity index (χ2v) is 5.04. The summed E-state index contributed by atoms with van der Waals surface area (Å²) in [5.74, 6) is 0.244. The van der Waals surface area contributed by atoms with E-state index in [1.54, 1.807) is 18.4 Å². The largest absolute Gasteiger partial charge is 0.468 e. The molecule has 23 heavy (non-hydrogen) atoms. The maximum atomic E-state index is 9.49. The van der Waals surface area contributed by atoms with Gasteiger partial charge in [0.1, 0.15) is 23.1 Å². The molecule has 1 aliphatic heterocycles. The van der Waals surface area contributed by atoms with Crippen LogP contribution in [-0.4, -0.2) is 5.16 Å². The van der Waals surface area contributed by atoms with Gasteiger partial charge >= 0.3 is 5.95 Å². The fourth-order valence-electron chi connectivity index (χ4n) is 2.72. The average Bonchev–Trinajstić information content (AvgIpc) is 3.24. The molecule has 0 fully saturated rings. The molecular formula is C17H11N3O3. The van der Waals surface area contributed by atoms with Crippen LogP contribution in [0, 0.1) is 11.3 Å². The number of fused-ring (bicyclic) bond motifs is 1. The maximum absolute atomic E-state index is 9.49. The first kappa shape index (κ1) is 13.2. The lowest BCUT2D eigenvalue weighted by atomic mass is 9.87. The lowest BCUT2D eigenvalue weighted by Gasteiger charge is -2.20. The van der Waals surface area contributed by atoms with Crippen molar-refractivity contribution in [2.24, 2.45) is 5.73 Å². The molecule has 0 saturated carbocycles. The summed E-state index contributed by atoms with van der Waals surface area (Å²) in [7, 11) is 0. The van der Waals surface area contributed by atoms with Gasteiger partial charge in [-0.05, 0) is 12.1 Å². The van der Waals surface area contributed by atoms with Crippen LogP contribution in [0.15, 0.2) is 69.1 Å². The Hall–Kier alpha value is -3.46. The molecule has 1 aliphatic rings. The summed E-state index contributed by atoms with van der Waals surface area (Å²) < 4.78 is 16.2. The van der Waals surface area contributed by atoms with Crippen molar-refractivity contribution in [3.05, 3.63) is 71.5 Å². The van der Waals surface area contributed by atoms with Gasteiger partial charge < -0.3 is 19.4 Å². The van der Waals surface area contributed by atoms with Gasteiger partial charge in [-0.2, -0.15) is 5.26 Å². The SMILES string of the molecule is N#CC1=C(N)Oc2onc(-c3ccccc3)c2C1c1ccco1. The van der Waals surface area contributed by atoms with E-state index in [-0.39, 0.29) is 17.4 Å². The van der Waals surface area contributed by atoms with Crippen LogP contribution >= 0.6 is 0 Å². The van der Waals surface area contributed by atoms with Crippen LogP contribution in [0.4, 0.5) is 0 Å². The number of hydrogen-bond acceptors (Lipinski definition) is 6. The third-order valence-electron chi connectivity index (χ3n) is 3.74. The van der Waals surface area contributed by atoms with Crippen molar-refractivity contribution in [3.63, 3.8) is 0 Å². The van der Waals surface area contributed by atoms with Crippen LogP contribution in [0.5, 0.6) is 5.95 Å². The predicted molar refractivity (Wildman–Crippen MR) is 79.9 cm³/mol. The fourth-order valence-corrected chi connectivity index (χ4v) is 2.72. The molecule has 112 valence electrons. The molecule has 0 bridgehead atoms. The van der Waals surface area contributed by atoms with Crippen LogP contribution in [0.3, 0.4) is 0 Å². The first-order chi connectivity index (χ1) is 11.3. The number of nitrogens with two attached hydrogens (primary N) is 1.